The van der Waals surface area contributed by atoms with E-state index in [-0.39, 0.29) is 43.5 Å². The molecule has 1 rings (SSSR count). The van der Waals surface area contributed by atoms with Crippen molar-refractivity contribution in [1.82, 2.24) is 0 Å². The van der Waals surface area contributed by atoms with Crippen LogP contribution in [0.3, 0.4) is 0 Å². The molecular formula is C10H13IZn-. The molecule has 0 fully saturated rings. The molecule has 0 bridgehead atoms. The predicted molar refractivity (Wildman–Crippen MR) is 44.6 cm³/mol. The summed E-state index contributed by atoms with van der Waals surface area (Å²) in [5.41, 5.74) is 7.18. The van der Waals surface area contributed by atoms with Gasteiger partial charge in [0.05, 0.1) is 0 Å². The van der Waals surface area contributed by atoms with Gasteiger partial charge in [0.15, 0.2) is 0 Å². The van der Waals surface area contributed by atoms with Crippen molar-refractivity contribution in [3.8, 4) is 0 Å². The van der Waals surface area contributed by atoms with Crippen molar-refractivity contribution >= 4 is 0 Å². The van der Waals surface area contributed by atoms with Gasteiger partial charge in [-0.1, -0.05) is 13.0 Å². The molecule has 0 unspecified atom stereocenters. The van der Waals surface area contributed by atoms with Crippen LogP contribution in [-0.4, -0.2) is 0 Å². The molecular weight excluding hydrogens is 312 g/mol. The van der Waals surface area contributed by atoms with E-state index in [4.69, 9.17) is 0 Å². The van der Waals surface area contributed by atoms with Gasteiger partial charge in [0.1, 0.15) is 0 Å². The second-order valence-corrected chi connectivity index (χ2v) is 2.89. The van der Waals surface area contributed by atoms with Crippen molar-refractivity contribution < 1.29 is 43.5 Å². The molecule has 0 atom stereocenters. The molecule has 0 amide bonds. The van der Waals surface area contributed by atoms with Crippen LogP contribution in [-0.2, 0) is 19.5 Å². The van der Waals surface area contributed by atoms with Gasteiger partial charge in [-0.25, -0.2) is 0 Å². The number of halogens is 1. The normalized spacial score (nSPS) is 16.5. The number of rotatable bonds is 0. The molecule has 0 aromatic rings. The van der Waals surface area contributed by atoms with Gasteiger partial charge in [-0.3, -0.25) is 0 Å². The van der Waals surface area contributed by atoms with E-state index in [0.717, 1.165) is 0 Å². The Morgan fingerprint density at radius 1 is 1.00 bits per heavy atom. The van der Waals surface area contributed by atoms with Crippen molar-refractivity contribution in [1.29, 1.82) is 0 Å². The van der Waals surface area contributed by atoms with E-state index in [1.807, 2.05) is 0 Å². The fraction of sp³-hybridized carbons (Fsp3) is 0.400. The first-order chi connectivity index (χ1) is 4.61. The van der Waals surface area contributed by atoms with E-state index in [1.54, 1.807) is 0 Å². The maximum atomic E-state index is 3.31. The smallest absolute Gasteiger partial charge is 0.0273 e. The SMILES string of the molecule is C[C]1C=C(C)C(C)=C=C1C.[I-].[Zn]. The van der Waals surface area contributed by atoms with Crippen molar-refractivity contribution in [2.75, 3.05) is 0 Å². The third kappa shape index (κ3) is 3.55. The second kappa shape index (κ2) is 6.13. The molecule has 0 heterocycles. The molecule has 0 saturated carbocycles. The Morgan fingerprint density at radius 3 is 1.92 bits per heavy atom. The monoisotopic (exact) mass is 324 g/mol. The van der Waals surface area contributed by atoms with Gasteiger partial charge in [0.25, 0.3) is 0 Å². The van der Waals surface area contributed by atoms with Gasteiger partial charge in [-0.05, 0) is 37.5 Å². The van der Waals surface area contributed by atoms with Gasteiger partial charge >= 0.3 is 0 Å². The summed E-state index contributed by atoms with van der Waals surface area (Å²) in [4.78, 5) is 0. The second-order valence-electron chi connectivity index (χ2n) is 2.89. The van der Waals surface area contributed by atoms with Gasteiger partial charge in [0.2, 0.25) is 0 Å². The summed E-state index contributed by atoms with van der Waals surface area (Å²) in [5, 5.41) is 0. The maximum absolute atomic E-state index is 3.31. The van der Waals surface area contributed by atoms with E-state index < -0.39 is 0 Å². The van der Waals surface area contributed by atoms with E-state index in [9.17, 15) is 0 Å². The first-order valence-electron chi connectivity index (χ1n) is 3.58. The van der Waals surface area contributed by atoms with Gasteiger partial charge in [0, 0.05) is 25.4 Å². The van der Waals surface area contributed by atoms with E-state index in [2.05, 4.69) is 39.5 Å². The van der Waals surface area contributed by atoms with Crippen LogP contribution in [0.15, 0.2) is 28.5 Å². The van der Waals surface area contributed by atoms with Gasteiger partial charge in [-0.15, -0.1) is 5.73 Å². The molecule has 2 heteroatoms. The zero-order valence-corrected chi connectivity index (χ0v) is 13.3. The van der Waals surface area contributed by atoms with Crippen LogP contribution in [0.2, 0.25) is 0 Å². The molecule has 0 aromatic heterocycles. The Kier molecular flexibility index (Phi) is 7.71. The fourth-order valence-corrected chi connectivity index (χ4v) is 1.02. The van der Waals surface area contributed by atoms with Crippen LogP contribution in [0.4, 0.5) is 0 Å². The first kappa shape index (κ1) is 15.1. The minimum Gasteiger partial charge on any atom is -1.00 e. The predicted octanol–water partition coefficient (Wildman–Crippen LogP) is 0.0337. The Balaban J connectivity index is 0. The molecule has 0 aliphatic heterocycles. The summed E-state index contributed by atoms with van der Waals surface area (Å²) in [6.45, 7) is 8.44. The van der Waals surface area contributed by atoms with Crippen molar-refractivity contribution in [2.45, 2.75) is 27.7 Å². The minimum absolute atomic E-state index is 0. The third-order valence-electron chi connectivity index (χ3n) is 1.99. The van der Waals surface area contributed by atoms with E-state index in [0.29, 0.717) is 0 Å². The molecule has 0 saturated heterocycles. The largest absolute Gasteiger partial charge is 1.00 e. The van der Waals surface area contributed by atoms with Crippen LogP contribution in [0.5, 0.6) is 0 Å². The summed E-state index contributed by atoms with van der Waals surface area (Å²) in [5.74, 6) is 1.34. The zero-order valence-electron chi connectivity index (χ0n) is 8.16. The summed E-state index contributed by atoms with van der Waals surface area (Å²) in [6, 6.07) is 0. The zero-order chi connectivity index (χ0) is 7.72. The summed E-state index contributed by atoms with van der Waals surface area (Å²) in [6.07, 6.45) is 2.21. The van der Waals surface area contributed by atoms with Crippen molar-refractivity contribution in [3.63, 3.8) is 0 Å². The molecule has 63 valence electrons. The van der Waals surface area contributed by atoms with E-state index in [1.165, 1.54) is 22.6 Å². The average molecular weight is 326 g/mol. The molecule has 1 aliphatic carbocycles. The molecule has 0 nitrogen and oxygen atoms in total. The van der Waals surface area contributed by atoms with Crippen molar-refractivity contribution in [2.24, 2.45) is 0 Å². The fourth-order valence-electron chi connectivity index (χ4n) is 1.02. The van der Waals surface area contributed by atoms with Crippen LogP contribution in [0, 0.1) is 5.92 Å². The Bertz CT molecular complexity index is 245. The third-order valence-corrected chi connectivity index (χ3v) is 1.99. The summed E-state index contributed by atoms with van der Waals surface area (Å²) < 4.78 is 0. The Hall–Kier alpha value is 0.613. The maximum Gasteiger partial charge on any atom is 0.0273 e. The topological polar surface area (TPSA) is 0 Å². The number of hydrogen-bond donors (Lipinski definition) is 0. The number of allylic oxidation sites excluding steroid dienone is 3. The Morgan fingerprint density at radius 2 is 1.50 bits per heavy atom. The van der Waals surface area contributed by atoms with Crippen LogP contribution >= 0.6 is 0 Å². The number of hydrogen-bond acceptors (Lipinski definition) is 0. The van der Waals surface area contributed by atoms with Crippen LogP contribution in [0.25, 0.3) is 0 Å². The quantitative estimate of drug-likeness (QED) is 0.335. The van der Waals surface area contributed by atoms with Gasteiger partial charge in [-0.2, -0.15) is 0 Å². The Labute approximate surface area is 105 Å². The van der Waals surface area contributed by atoms with E-state index >= 15 is 0 Å². The van der Waals surface area contributed by atoms with Crippen LogP contribution < -0.4 is 24.0 Å². The minimum atomic E-state index is 0. The first-order valence-corrected chi connectivity index (χ1v) is 3.58. The standard InChI is InChI=1S/C10H13.HI.Zn/c1-7-5-9(3)10(4)6-8(7)2;;/h5H,1-4H3;1H;/p-1. The summed E-state index contributed by atoms with van der Waals surface area (Å²) in [7, 11) is 0. The molecule has 0 N–H and O–H groups in total. The average Bonchev–Trinajstić information content (AvgIpc) is 1.84. The molecule has 12 heavy (non-hydrogen) atoms. The van der Waals surface area contributed by atoms with Crippen LogP contribution in [0.1, 0.15) is 27.7 Å². The van der Waals surface area contributed by atoms with Crippen molar-refractivity contribution in [3.05, 3.63) is 34.4 Å². The molecule has 1 radical (unpaired) electrons. The molecule has 1 aliphatic rings. The summed E-state index contributed by atoms with van der Waals surface area (Å²) >= 11 is 0. The molecule has 0 spiro atoms. The van der Waals surface area contributed by atoms with Gasteiger partial charge < -0.3 is 24.0 Å². The molecule has 0 aromatic carbocycles.